The molecule has 1 saturated heterocycles. The summed E-state index contributed by atoms with van der Waals surface area (Å²) in [5.41, 5.74) is 0.835. The highest BCUT2D eigenvalue weighted by Gasteiger charge is 2.26. The normalized spacial score (nSPS) is 16.6. The number of carbonyl (C=O) groups is 1. The highest BCUT2D eigenvalue weighted by molar-refractivity contribution is 5.72. The van der Waals surface area contributed by atoms with Crippen molar-refractivity contribution in [3.63, 3.8) is 0 Å². The summed E-state index contributed by atoms with van der Waals surface area (Å²) in [5.74, 6) is 1.02. The van der Waals surface area contributed by atoms with Crippen molar-refractivity contribution < 1.29 is 14.1 Å². The summed E-state index contributed by atoms with van der Waals surface area (Å²) >= 11 is 0. The number of nitrogens with zero attached hydrogens (tertiary/aromatic N) is 4. The number of pyridine rings is 1. The monoisotopic (exact) mass is 302 g/mol. The maximum atomic E-state index is 11.5. The third-order valence-corrected chi connectivity index (χ3v) is 3.87. The number of aromatic nitrogens is 3. The second-order valence-electron chi connectivity index (χ2n) is 5.33. The maximum absolute atomic E-state index is 11.5. The fourth-order valence-corrected chi connectivity index (χ4v) is 2.62. The van der Waals surface area contributed by atoms with Gasteiger partial charge in [0.2, 0.25) is 11.7 Å². The van der Waals surface area contributed by atoms with Crippen LogP contribution in [0, 0.1) is 5.92 Å². The molecule has 0 unspecified atom stereocenters. The summed E-state index contributed by atoms with van der Waals surface area (Å²) in [5, 5.41) is 3.98. The topological polar surface area (TPSA) is 81.4 Å². The van der Waals surface area contributed by atoms with Gasteiger partial charge in [-0.05, 0) is 38.1 Å². The first-order valence-corrected chi connectivity index (χ1v) is 7.29. The number of likely N-dealkylation sites (tertiary alicyclic amines) is 1. The Morgan fingerprint density at radius 1 is 1.45 bits per heavy atom. The summed E-state index contributed by atoms with van der Waals surface area (Å²) in [4.78, 5) is 22.1. The SMILES string of the molecule is COC(=O)C1CCN(Cc2nc(-c3cccnc3)no2)CC1. The number of esters is 1. The number of rotatable bonds is 4. The molecule has 2 aromatic heterocycles. The Labute approximate surface area is 128 Å². The molecular formula is C15H18N4O3. The smallest absolute Gasteiger partial charge is 0.308 e. The van der Waals surface area contributed by atoms with Gasteiger partial charge >= 0.3 is 5.97 Å². The van der Waals surface area contributed by atoms with E-state index in [1.165, 1.54) is 7.11 Å². The molecule has 0 N–H and O–H groups in total. The highest BCUT2D eigenvalue weighted by atomic mass is 16.5. The Balaban J connectivity index is 1.57. The van der Waals surface area contributed by atoms with E-state index in [9.17, 15) is 4.79 Å². The van der Waals surface area contributed by atoms with Crippen LogP contribution in [-0.4, -0.2) is 46.2 Å². The van der Waals surface area contributed by atoms with Gasteiger partial charge in [-0.1, -0.05) is 5.16 Å². The molecule has 0 spiro atoms. The van der Waals surface area contributed by atoms with Crippen LogP contribution >= 0.6 is 0 Å². The number of carbonyl (C=O) groups excluding carboxylic acids is 1. The van der Waals surface area contributed by atoms with E-state index in [1.807, 2.05) is 12.1 Å². The second-order valence-corrected chi connectivity index (χ2v) is 5.33. The third-order valence-electron chi connectivity index (χ3n) is 3.87. The van der Waals surface area contributed by atoms with E-state index < -0.39 is 0 Å². The zero-order valence-corrected chi connectivity index (χ0v) is 12.4. The Hall–Kier alpha value is -2.28. The first-order chi connectivity index (χ1) is 10.8. The highest BCUT2D eigenvalue weighted by Crippen LogP contribution is 2.20. The van der Waals surface area contributed by atoms with Crippen LogP contribution in [0.1, 0.15) is 18.7 Å². The van der Waals surface area contributed by atoms with Crippen molar-refractivity contribution in [1.29, 1.82) is 0 Å². The minimum atomic E-state index is -0.115. The zero-order valence-electron chi connectivity index (χ0n) is 12.4. The van der Waals surface area contributed by atoms with Crippen LogP contribution in [-0.2, 0) is 16.1 Å². The molecule has 1 fully saturated rings. The molecule has 0 bridgehead atoms. The molecule has 116 valence electrons. The number of ether oxygens (including phenoxy) is 1. The van der Waals surface area contributed by atoms with Crippen molar-refractivity contribution in [2.75, 3.05) is 20.2 Å². The first-order valence-electron chi connectivity index (χ1n) is 7.29. The van der Waals surface area contributed by atoms with Crippen LogP contribution in [0.4, 0.5) is 0 Å². The summed E-state index contributed by atoms with van der Waals surface area (Å²) in [7, 11) is 1.44. The number of hydrogen-bond donors (Lipinski definition) is 0. The van der Waals surface area contributed by atoms with Gasteiger partial charge < -0.3 is 9.26 Å². The minimum absolute atomic E-state index is 0.00916. The van der Waals surface area contributed by atoms with E-state index in [-0.39, 0.29) is 11.9 Å². The van der Waals surface area contributed by atoms with E-state index in [1.54, 1.807) is 12.4 Å². The van der Waals surface area contributed by atoms with Crippen LogP contribution in [0.2, 0.25) is 0 Å². The Bertz CT molecular complexity index is 621. The van der Waals surface area contributed by atoms with Crippen molar-refractivity contribution in [3.05, 3.63) is 30.4 Å². The number of piperidine rings is 1. The molecule has 1 aliphatic heterocycles. The predicted octanol–water partition coefficient (Wildman–Crippen LogP) is 1.52. The van der Waals surface area contributed by atoms with Crippen LogP contribution in [0.25, 0.3) is 11.4 Å². The molecule has 1 aliphatic rings. The van der Waals surface area contributed by atoms with E-state index in [4.69, 9.17) is 9.26 Å². The molecule has 0 amide bonds. The summed E-state index contributed by atoms with van der Waals surface area (Å²) in [6, 6.07) is 3.73. The summed E-state index contributed by atoms with van der Waals surface area (Å²) < 4.78 is 10.1. The molecule has 0 radical (unpaired) electrons. The summed E-state index contributed by atoms with van der Waals surface area (Å²) in [6.45, 7) is 2.25. The molecule has 7 heteroatoms. The van der Waals surface area contributed by atoms with Gasteiger partial charge in [-0.15, -0.1) is 0 Å². The Morgan fingerprint density at radius 2 is 2.27 bits per heavy atom. The average molecular weight is 302 g/mol. The quantitative estimate of drug-likeness (QED) is 0.792. The lowest BCUT2D eigenvalue weighted by Gasteiger charge is -2.29. The standard InChI is InChI=1S/C15H18N4O3/c1-21-15(20)11-4-7-19(8-5-11)10-13-17-14(18-22-13)12-3-2-6-16-9-12/h2-3,6,9,11H,4-5,7-8,10H2,1H3. The van der Waals surface area contributed by atoms with Gasteiger partial charge in [0.1, 0.15) is 0 Å². The lowest BCUT2D eigenvalue weighted by atomic mass is 9.97. The molecule has 3 rings (SSSR count). The van der Waals surface area contributed by atoms with Crippen molar-refractivity contribution in [2.24, 2.45) is 5.92 Å². The molecule has 22 heavy (non-hydrogen) atoms. The van der Waals surface area contributed by atoms with Gasteiger partial charge in [-0.2, -0.15) is 4.98 Å². The lowest BCUT2D eigenvalue weighted by Crippen LogP contribution is -2.36. The number of hydrogen-bond acceptors (Lipinski definition) is 7. The van der Waals surface area contributed by atoms with Crippen LogP contribution in [0.5, 0.6) is 0 Å². The molecule has 0 aromatic carbocycles. The molecule has 2 aromatic rings. The van der Waals surface area contributed by atoms with E-state index in [0.29, 0.717) is 18.3 Å². The fraction of sp³-hybridized carbons (Fsp3) is 0.467. The van der Waals surface area contributed by atoms with Gasteiger partial charge in [-0.3, -0.25) is 14.7 Å². The van der Waals surface area contributed by atoms with Gasteiger partial charge in [0.05, 0.1) is 19.6 Å². The maximum Gasteiger partial charge on any atom is 0.308 e. The van der Waals surface area contributed by atoms with Crippen molar-refractivity contribution >= 4 is 5.97 Å². The molecule has 0 aliphatic carbocycles. The Morgan fingerprint density at radius 3 is 2.95 bits per heavy atom. The van der Waals surface area contributed by atoms with Gasteiger partial charge in [0.25, 0.3) is 0 Å². The fourth-order valence-electron chi connectivity index (χ4n) is 2.62. The molecule has 0 atom stereocenters. The summed E-state index contributed by atoms with van der Waals surface area (Å²) in [6.07, 6.45) is 5.01. The second kappa shape index (κ2) is 6.65. The van der Waals surface area contributed by atoms with E-state index >= 15 is 0 Å². The minimum Gasteiger partial charge on any atom is -0.469 e. The van der Waals surface area contributed by atoms with Gasteiger partial charge in [-0.25, -0.2) is 0 Å². The average Bonchev–Trinajstić information content (AvgIpc) is 3.04. The van der Waals surface area contributed by atoms with Crippen molar-refractivity contribution in [3.8, 4) is 11.4 Å². The molecule has 0 saturated carbocycles. The molecule has 3 heterocycles. The van der Waals surface area contributed by atoms with Crippen LogP contribution < -0.4 is 0 Å². The Kier molecular flexibility index (Phi) is 4.43. The molecular weight excluding hydrogens is 284 g/mol. The van der Waals surface area contributed by atoms with Crippen molar-refractivity contribution in [2.45, 2.75) is 19.4 Å². The van der Waals surface area contributed by atoms with E-state index in [2.05, 4.69) is 20.0 Å². The van der Waals surface area contributed by atoms with Crippen molar-refractivity contribution in [1.82, 2.24) is 20.0 Å². The first kappa shape index (κ1) is 14.6. The zero-order chi connectivity index (χ0) is 15.4. The van der Waals surface area contributed by atoms with E-state index in [0.717, 1.165) is 31.5 Å². The third kappa shape index (κ3) is 3.30. The number of methoxy groups -OCH3 is 1. The van der Waals surface area contributed by atoms with Gasteiger partial charge in [0, 0.05) is 18.0 Å². The largest absolute Gasteiger partial charge is 0.469 e. The molecule has 7 nitrogen and oxygen atoms in total. The van der Waals surface area contributed by atoms with Crippen LogP contribution in [0.15, 0.2) is 29.0 Å². The lowest BCUT2D eigenvalue weighted by molar-refractivity contribution is -0.147. The van der Waals surface area contributed by atoms with Crippen LogP contribution in [0.3, 0.4) is 0 Å². The predicted molar refractivity (Wildman–Crippen MR) is 77.5 cm³/mol. The van der Waals surface area contributed by atoms with Gasteiger partial charge in [0.15, 0.2) is 0 Å².